The Labute approximate surface area is 190 Å². The summed E-state index contributed by atoms with van der Waals surface area (Å²) in [6, 6.07) is 14.0. The number of benzene rings is 1. The normalized spacial score (nSPS) is 17.8. The first-order valence-electron chi connectivity index (χ1n) is 11.5. The SMILES string of the molecule is C=CC(=O)N1CCC(C(=O)NCc2ccc(C)nc2N2CCCC2)(c2ccccc2)CC1. The lowest BCUT2D eigenvalue weighted by Gasteiger charge is -2.41. The third kappa shape index (κ3) is 4.40. The molecule has 0 radical (unpaired) electrons. The average molecular weight is 433 g/mol. The highest BCUT2D eigenvalue weighted by atomic mass is 16.2. The van der Waals surface area contributed by atoms with Crippen LogP contribution in [0.5, 0.6) is 0 Å². The van der Waals surface area contributed by atoms with Crippen molar-refractivity contribution in [3.63, 3.8) is 0 Å². The molecule has 2 fully saturated rings. The minimum Gasteiger partial charge on any atom is -0.356 e. The molecule has 1 aromatic carbocycles. The quantitative estimate of drug-likeness (QED) is 0.711. The van der Waals surface area contributed by atoms with Crippen molar-refractivity contribution in [1.82, 2.24) is 15.2 Å². The molecule has 2 aliphatic rings. The zero-order chi connectivity index (χ0) is 22.6. The van der Waals surface area contributed by atoms with Crippen LogP contribution in [0.4, 0.5) is 5.82 Å². The topological polar surface area (TPSA) is 65.5 Å². The van der Waals surface area contributed by atoms with E-state index in [4.69, 9.17) is 4.98 Å². The summed E-state index contributed by atoms with van der Waals surface area (Å²) in [6.07, 6.45) is 4.89. The summed E-state index contributed by atoms with van der Waals surface area (Å²) < 4.78 is 0. The molecule has 32 heavy (non-hydrogen) atoms. The Bertz CT molecular complexity index is 975. The second kappa shape index (κ2) is 9.55. The number of pyridine rings is 1. The molecule has 4 rings (SSSR count). The predicted octanol–water partition coefficient (Wildman–Crippen LogP) is 3.35. The Morgan fingerprint density at radius 1 is 1.06 bits per heavy atom. The molecule has 0 aliphatic carbocycles. The summed E-state index contributed by atoms with van der Waals surface area (Å²) in [6.45, 7) is 9.15. The number of hydrogen-bond acceptors (Lipinski definition) is 4. The van der Waals surface area contributed by atoms with Crippen LogP contribution in [0.1, 0.15) is 42.5 Å². The Hall–Kier alpha value is -3.15. The number of amides is 2. The number of likely N-dealkylation sites (tertiary alicyclic amines) is 1. The van der Waals surface area contributed by atoms with Gasteiger partial charge in [0.15, 0.2) is 0 Å². The van der Waals surface area contributed by atoms with Gasteiger partial charge in [-0.2, -0.15) is 0 Å². The van der Waals surface area contributed by atoms with Crippen LogP contribution >= 0.6 is 0 Å². The van der Waals surface area contributed by atoms with E-state index in [9.17, 15) is 9.59 Å². The van der Waals surface area contributed by atoms with Crippen molar-refractivity contribution in [3.8, 4) is 0 Å². The van der Waals surface area contributed by atoms with Gasteiger partial charge in [-0.25, -0.2) is 4.98 Å². The van der Waals surface area contributed by atoms with Crippen LogP contribution in [-0.2, 0) is 21.5 Å². The van der Waals surface area contributed by atoms with Crippen LogP contribution in [0, 0.1) is 6.92 Å². The third-order valence-corrected chi connectivity index (χ3v) is 6.80. The summed E-state index contributed by atoms with van der Waals surface area (Å²) >= 11 is 0. The maximum atomic E-state index is 13.7. The van der Waals surface area contributed by atoms with Gasteiger partial charge >= 0.3 is 0 Å². The molecule has 6 nitrogen and oxygen atoms in total. The second-order valence-corrected chi connectivity index (χ2v) is 8.79. The first-order valence-corrected chi connectivity index (χ1v) is 11.5. The molecular weight excluding hydrogens is 400 g/mol. The van der Waals surface area contributed by atoms with Gasteiger partial charge in [0.1, 0.15) is 5.82 Å². The van der Waals surface area contributed by atoms with Crippen molar-refractivity contribution in [1.29, 1.82) is 0 Å². The number of aromatic nitrogens is 1. The summed E-state index contributed by atoms with van der Waals surface area (Å²) in [4.78, 5) is 34.6. The van der Waals surface area contributed by atoms with Crippen molar-refractivity contribution in [2.24, 2.45) is 0 Å². The summed E-state index contributed by atoms with van der Waals surface area (Å²) in [7, 11) is 0. The van der Waals surface area contributed by atoms with E-state index in [0.717, 1.165) is 35.7 Å². The van der Waals surface area contributed by atoms with E-state index in [0.29, 0.717) is 32.5 Å². The van der Waals surface area contributed by atoms with Gasteiger partial charge in [0.05, 0.1) is 5.41 Å². The molecule has 6 heteroatoms. The fraction of sp³-hybridized carbons (Fsp3) is 0.423. The number of anilines is 1. The number of nitrogens with zero attached hydrogens (tertiary/aromatic N) is 3. The molecule has 2 saturated heterocycles. The van der Waals surface area contributed by atoms with Crippen molar-refractivity contribution in [3.05, 3.63) is 71.9 Å². The van der Waals surface area contributed by atoms with E-state index in [2.05, 4.69) is 22.9 Å². The number of rotatable bonds is 6. The lowest BCUT2D eigenvalue weighted by atomic mass is 9.72. The fourth-order valence-electron chi connectivity index (χ4n) is 4.90. The molecule has 0 spiro atoms. The van der Waals surface area contributed by atoms with Gasteiger partial charge in [0.2, 0.25) is 11.8 Å². The average Bonchev–Trinajstić information content (AvgIpc) is 3.38. The molecule has 3 heterocycles. The molecule has 0 unspecified atom stereocenters. The van der Waals surface area contributed by atoms with E-state index in [1.807, 2.05) is 43.3 Å². The Morgan fingerprint density at radius 3 is 2.41 bits per heavy atom. The third-order valence-electron chi connectivity index (χ3n) is 6.80. The molecule has 0 saturated carbocycles. The molecule has 1 aromatic heterocycles. The Morgan fingerprint density at radius 2 is 1.75 bits per heavy atom. The minimum atomic E-state index is -0.648. The van der Waals surface area contributed by atoms with Gasteiger partial charge in [0.25, 0.3) is 0 Å². The van der Waals surface area contributed by atoms with Crippen LogP contribution in [0.3, 0.4) is 0 Å². The molecule has 0 atom stereocenters. The van der Waals surface area contributed by atoms with Gasteiger partial charge in [-0.3, -0.25) is 9.59 Å². The highest BCUT2D eigenvalue weighted by Crippen LogP contribution is 2.36. The number of nitrogens with one attached hydrogen (secondary N) is 1. The van der Waals surface area contributed by atoms with Crippen molar-refractivity contribution < 1.29 is 9.59 Å². The standard InChI is InChI=1S/C26H32N4O2/c1-3-23(31)29-17-13-26(14-18-29,22-9-5-4-6-10-22)25(32)27-19-21-12-11-20(2)28-24(21)30-15-7-8-16-30/h3-6,9-12H,1,7-8,13-19H2,2H3,(H,27,32). The highest BCUT2D eigenvalue weighted by Gasteiger charge is 2.43. The number of piperidine rings is 1. The van der Waals surface area contributed by atoms with Crippen molar-refractivity contribution in [2.45, 2.75) is 44.6 Å². The van der Waals surface area contributed by atoms with Crippen LogP contribution < -0.4 is 10.2 Å². The Kier molecular flexibility index (Phi) is 6.58. The molecule has 1 N–H and O–H groups in total. The molecule has 2 aliphatic heterocycles. The molecule has 168 valence electrons. The van der Waals surface area contributed by atoms with Crippen molar-refractivity contribution in [2.75, 3.05) is 31.1 Å². The fourth-order valence-corrected chi connectivity index (χ4v) is 4.90. The number of carbonyl (C=O) groups is 2. The lowest BCUT2D eigenvalue weighted by molar-refractivity contribution is -0.134. The van der Waals surface area contributed by atoms with Crippen LogP contribution in [-0.4, -0.2) is 47.9 Å². The monoisotopic (exact) mass is 432 g/mol. The Balaban J connectivity index is 1.54. The predicted molar refractivity (Wildman–Crippen MR) is 126 cm³/mol. The summed E-state index contributed by atoms with van der Waals surface area (Å²) in [5.41, 5.74) is 2.39. The minimum absolute atomic E-state index is 0.0161. The van der Waals surface area contributed by atoms with Gasteiger partial charge < -0.3 is 15.1 Å². The maximum absolute atomic E-state index is 13.7. The number of aryl methyl sites for hydroxylation is 1. The molecular formula is C26H32N4O2. The second-order valence-electron chi connectivity index (χ2n) is 8.79. The van der Waals surface area contributed by atoms with Gasteiger partial charge in [-0.05, 0) is 50.3 Å². The van der Waals surface area contributed by atoms with E-state index in [1.54, 1.807) is 4.90 Å². The van der Waals surface area contributed by atoms with Gasteiger partial charge in [0, 0.05) is 44.0 Å². The zero-order valence-electron chi connectivity index (χ0n) is 18.8. The van der Waals surface area contributed by atoms with E-state index in [1.165, 1.54) is 18.9 Å². The van der Waals surface area contributed by atoms with Crippen LogP contribution in [0.2, 0.25) is 0 Å². The number of hydrogen-bond donors (Lipinski definition) is 1. The van der Waals surface area contributed by atoms with Gasteiger partial charge in [-0.1, -0.05) is 43.0 Å². The van der Waals surface area contributed by atoms with E-state index >= 15 is 0 Å². The first-order chi connectivity index (χ1) is 15.5. The molecule has 2 aromatic rings. The number of carbonyl (C=O) groups excluding carboxylic acids is 2. The van der Waals surface area contributed by atoms with E-state index < -0.39 is 5.41 Å². The highest BCUT2D eigenvalue weighted by molar-refractivity contribution is 5.90. The van der Waals surface area contributed by atoms with Crippen molar-refractivity contribution >= 4 is 17.6 Å². The first kappa shape index (κ1) is 22.1. The molecule has 2 amide bonds. The maximum Gasteiger partial charge on any atom is 0.245 e. The molecule has 0 bridgehead atoms. The summed E-state index contributed by atoms with van der Waals surface area (Å²) in [5, 5.41) is 3.22. The zero-order valence-corrected chi connectivity index (χ0v) is 18.8. The lowest BCUT2D eigenvalue weighted by Crippen LogP contribution is -2.52. The van der Waals surface area contributed by atoms with Gasteiger partial charge in [-0.15, -0.1) is 0 Å². The summed E-state index contributed by atoms with van der Waals surface area (Å²) in [5.74, 6) is 0.929. The van der Waals surface area contributed by atoms with E-state index in [-0.39, 0.29) is 11.8 Å². The van der Waals surface area contributed by atoms with Crippen LogP contribution in [0.15, 0.2) is 55.1 Å². The largest absolute Gasteiger partial charge is 0.356 e. The van der Waals surface area contributed by atoms with Crippen LogP contribution in [0.25, 0.3) is 0 Å². The smallest absolute Gasteiger partial charge is 0.245 e.